The maximum Gasteiger partial charge on any atom is 4.00 e. The van der Waals surface area contributed by atoms with E-state index in [0.29, 0.717) is 0 Å². The second-order valence-corrected chi connectivity index (χ2v) is 0. The molecule has 73 valence electrons. The minimum atomic E-state index is 0. The summed E-state index contributed by atoms with van der Waals surface area (Å²) in [4.78, 5) is 0. The molecule has 0 bridgehead atoms. The van der Waals surface area contributed by atoms with E-state index in [0.717, 1.165) is 0 Å². The summed E-state index contributed by atoms with van der Waals surface area (Å²) in [5, 5.41) is 37.5. The summed E-state index contributed by atoms with van der Waals surface area (Å²) >= 11 is 0. The summed E-state index contributed by atoms with van der Waals surface area (Å²) in [6.45, 7) is 28.5. The number of hydrogen-bond acceptors (Lipinski definition) is 6. The van der Waals surface area contributed by atoms with Gasteiger partial charge < -0.3 is 71.0 Å². The third-order valence-corrected chi connectivity index (χ3v) is 0. The Hall–Kier alpha value is -2.02. The molecule has 0 spiro atoms. The van der Waals surface area contributed by atoms with Gasteiger partial charge in [0, 0.05) is 0 Å². The standard InChI is InChI=1S/6CN.Cu.Fe/c6*1-2;;/q6*-1;+2;+4. The van der Waals surface area contributed by atoms with Gasteiger partial charge in [0.15, 0.2) is 0 Å². The molecule has 0 unspecified atom stereocenters. The average molecular weight is 275 g/mol. The van der Waals surface area contributed by atoms with Gasteiger partial charge in [-0.3, -0.25) is 0 Å². The Morgan fingerprint density at radius 2 is 0.357 bits per heavy atom. The van der Waals surface area contributed by atoms with E-state index < -0.39 is 0 Å². The van der Waals surface area contributed by atoms with Gasteiger partial charge in [-0.05, 0) is 0 Å². The molecule has 0 aliphatic heterocycles. The number of rotatable bonds is 0. The van der Waals surface area contributed by atoms with Crippen molar-refractivity contribution in [2.24, 2.45) is 0 Å². The Morgan fingerprint density at radius 3 is 0.357 bits per heavy atom. The van der Waals surface area contributed by atoms with Crippen LogP contribution in [-0.2, 0) is 34.1 Å². The predicted molar refractivity (Wildman–Crippen MR) is 29.8 cm³/mol. The SMILES string of the molecule is [C-]#N.[C-]#N.[C-]#N.[C-]#N.[C-]#N.[C-]#N.[Cu+2].[Fe+4]. The molecule has 8 heteroatoms. The van der Waals surface area contributed by atoms with Crippen molar-refractivity contribution in [3.63, 3.8) is 0 Å². The van der Waals surface area contributed by atoms with Gasteiger partial charge in [-0.15, -0.1) is 0 Å². The van der Waals surface area contributed by atoms with Crippen molar-refractivity contribution in [1.82, 2.24) is 0 Å². The molecule has 0 rings (SSSR count). The monoisotopic (exact) mass is 275 g/mol. The van der Waals surface area contributed by atoms with E-state index in [4.69, 9.17) is 71.0 Å². The normalized spacial score (nSPS) is 0.857. The van der Waals surface area contributed by atoms with Gasteiger partial charge in [0.1, 0.15) is 0 Å². The molecular weight excluding hydrogens is 275 g/mol. The Kier molecular flexibility index (Phi) is 1740. The van der Waals surface area contributed by atoms with Gasteiger partial charge >= 0.3 is 34.1 Å². The molecule has 0 aromatic rings. The van der Waals surface area contributed by atoms with Crippen molar-refractivity contribution < 1.29 is 34.1 Å². The minimum absolute atomic E-state index is 0. The van der Waals surface area contributed by atoms with E-state index in [-0.39, 0.29) is 34.1 Å². The van der Waals surface area contributed by atoms with Crippen LogP contribution in [0, 0.1) is 71.0 Å². The van der Waals surface area contributed by atoms with E-state index in [9.17, 15) is 0 Å². The van der Waals surface area contributed by atoms with E-state index in [1.54, 1.807) is 0 Å². The summed E-state index contributed by atoms with van der Waals surface area (Å²) in [5.41, 5.74) is 0. The van der Waals surface area contributed by atoms with Crippen molar-refractivity contribution in [3.8, 4) is 0 Å². The zero-order valence-electron chi connectivity index (χ0n) is 6.34. The molecule has 0 aliphatic carbocycles. The maximum absolute atomic E-state index is 6.25. The summed E-state index contributed by atoms with van der Waals surface area (Å²) in [7, 11) is 0. The molecule has 14 heavy (non-hydrogen) atoms. The molecule has 0 N–H and O–H groups in total. The second kappa shape index (κ2) is 268. The molecule has 1 radical (unpaired) electrons. The van der Waals surface area contributed by atoms with Gasteiger partial charge in [-0.1, -0.05) is 0 Å². The average Bonchev–Trinajstić information content (AvgIpc) is 2.33. The topological polar surface area (TPSA) is 143 Å². The minimum Gasteiger partial charge on any atom is -0.512 e. The predicted octanol–water partition coefficient (Wildman–Crippen LogP) is 0.573. The quantitative estimate of drug-likeness (QED) is 0.467. The fraction of sp³-hybridized carbons (Fsp3) is 0. The molecule has 0 fully saturated rings. The molecule has 0 heterocycles. The van der Waals surface area contributed by atoms with Crippen LogP contribution in [-0.4, -0.2) is 0 Å². The third-order valence-electron chi connectivity index (χ3n) is 0. The molecule has 0 aliphatic rings. The summed E-state index contributed by atoms with van der Waals surface area (Å²) < 4.78 is 0. The van der Waals surface area contributed by atoms with Crippen LogP contribution >= 0.6 is 0 Å². The van der Waals surface area contributed by atoms with E-state index >= 15 is 0 Å². The Labute approximate surface area is 105 Å². The van der Waals surface area contributed by atoms with Crippen molar-refractivity contribution in [1.29, 1.82) is 31.6 Å². The van der Waals surface area contributed by atoms with Crippen LogP contribution in [0.2, 0.25) is 0 Å². The van der Waals surface area contributed by atoms with Crippen LogP contribution in [0.25, 0.3) is 0 Å². The van der Waals surface area contributed by atoms with Crippen LogP contribution in [0.3, 0.4) is 0 Å². The maximum atomic E-state index is 6.25. The Morgan fingerprint density at radius 1 is 0.357 bits per heavy atom. The Bertz CT molecular complexity index is 97.3. The van der Waals surface area contributed by atoms with E-state index in [1.807, 2.05) is 0 Å². The van der Waals surface area contributed by atoms with Gasteiger partial charge in [-0.25, -0.2) is 0 Å². The second-order valence-electron chi connectivity index (χ2n) is 0. The summed E-state index contributed by atoms with van der Waals surface area (Å²) in [6.07, 6.45) is 0. The molecule has 6 nitrogen and oxygen atoms in total. The molecule has 0 saturated heterocycles. The van der Waals surface area contributed by atoms with Crippen LogP contribution in [0.5, 0.6) is 0 Å². The first-order chi connectivity index (χ1) is 6.00. The van der Waals surface area contributed by atoms with Crippen LogP contribution in [0.15, 0.2) is 0 Å². The van der Waals surface area contributed by atoms with Crippen LogP contribution < -0.4 is 0 Å². The fourth-order valence-corrected chi connectivity index (χ4v) is 0. The summed E-state index contributed by atoms with van der Waals surface area (Å²) in [6, 6.07) is 0. The van der Waals surface area contributed by atoms with E-state index in [1.165, 1.54) is 0 Å². The molecule has 0 saturated carbocycles. The zero-order chi connectivity index (χ0) is 12.0. The third kappa shape index (κ3) is 197. The number of hydrogen-bond donors (Lipinski definition) is 0. The molecular formula is C6CuFeN6. The van der Waals surface area contributed by atoms with Crippen LogP contribution in [0.4, 0.5) is 0 Å². The summed E-state index contributed by atoms with van der Waals surface area (Å²) in [5.74, 6) is 0. The van der Waals surface area contributed by atoms with Gasteiger partial charge in [0.05, 0.1) is 0 Å². The fourth-order valence-electron chi connectivity index (χ4n) is 0. The first-order valence-corrected chi connectivity index (χ1v) is 1.34. The first kappa shape index (κ1) is 91.2. The van der Waals surface area contributed by atoms with Crippen molar-refractivity contribution in [2.75, 3.05) is 0 Å². The van der Waals surface area contributed by atoms with E-state index in [2.05, 4.69) is 0 Å². The molecule has 0 atom stereocenters. The van der Waals surface area contributed by atoms with Crippen molar-refractivity contribution in [3.05, 3.63) is 39.4 Å². The van der Waals surface area contributed by atoms with Crippen molar-refractivity contribution in [2.45, 2.75) is 0 Å². The van der Waals surface area contributed by atoms with Gasteiger partial charge in [0.2, 0.25) is 0 Å². The first-order valence-electron chi connectivity index (χ1n) is 1.34. The number of nitrogens with zero attached hydrogens (tertiary/aromatic N) is 6. The molecule has 0 aromatic heterocycles. The Balaban J connectivity index is -0.00000000500. The zero-order valence-corrected chi connectivity index (χ0v) is 8.38. The van der Waals surface area contributed by atoms with Crippen LogP contribution in [0.1, 0.15) is 0 Å². The van der Waals surface area contributed by atoms with Crippen molar-refractivity contribution >= 4 is 0 Å². The smallest absolute Gasteiger partial charge is 0.512 e. The van der Waals surface area contributed by atoms with Gasteiger partial charge in [0.25, 0.3) is 0 Å². The molecule has 0 amide bonds. The molecule has 0 aromatic carbocycles. The largest absolute Gasteiger partial charge is 4.00 e. The van der Waals surface area contributed by atoms with Gasteiger partial charge in [-0.2, -0.15) is 0 Å².